The molecule has 3 aliphatic carbocycles. The molecule has 4 saturated heterocycles. The molecule has 7 fully saturated rings. The van der Waals surface area contributed by atoms with E-state index in [1.165, 1.54) is 66.2 Å². The minimum absolute atomic E-state index is 0.0162. The van der Waals surface area contributed by atoms with Crippen LogP contribution in [0.15, 0.2) is 24.3 Å². The number of tetrazole rings is 1. The van der Waals surface area contributed by atoms with Gasteiger partial charge in [-0.25, -0.2) is 20.3 Å². The van der Waals surface area contributed by atoms with Crippen molar-refractivity contribution in [2.24, 2.45) is 72.0 Å². The van der Waals surface area contributed by atoms with Gasteiger partial charge in [0.25, 0.3) is 23.6 Å². The molecule has 1 aromatic heterocycles. The first-order valence-electron chi connectivity index (χ1n) is 51.8. The van der Waals surface area contributed by atoms with E-state index in [2.05, 4.69) is 15.4 Å². The summed E-state index contributed by atoms with van der Waals surface area (Å²) in [6.07, 6.45) is 19.1. The number of fused-ring (bicyclic) bond motifs is 3. The van der Waals surface area contributed by atoms with Crippen molar-refractivity contribution in [1.29, 1.82) is 0 Å². The van der Waals surface area contributed by atoms with Crippen molar-refractivity contribution >= 4 is 84.2 Å². The quantitative estimate of drug-likeness (QED) is 0.0417. The Labute approximate surface area is 890 Å². The highest BCUT2D eigenvalue weighted by Gasteiger charge is 2.48. The smallest absolute Gasteiger partial charge is 0.315 e. The molecule has 1 N–H and O–H groups in total. The van der Waals surface area contributed by atoms with E-state index in [1.54, 1.807) is 68.2 Å². The number of esters is 6. The number of carbonyl (C=O) groups is 14. The fourth-order valence-corrected chi connectivity index (χ4v) is 14.0. The number of likely N-dealkylation sites (tertiary alicyclic amines) is 1. The first kappa shape index (κ1) is 148. The number of nitrogens with zero attached hydrogens (tertiary/aromatic N) is 9. The van der Waals surface area contributed by atoms with Gasteiger partial charge in [-0.15, -0.1) is 10.2 Å². The minimum atomic E-state index is -0.700. The number of benzene rings is 1. The zero-order chi connectivity index (χ0) is 116. The summed E-state index contributed by atoms with van der Waals surface area (Å²) in [4.78, 5) is 178. The summed E-state index contributed by atoms with van der Waals surface area (Å²) in [5.74, 6) is 0.450. The van der Waals surface area contributed by atoms with Crippen LogP contribution in [0.3, 0.4) is 0 Å². The molecule has 1 aromatic carbocycles. The molecule has 5 heterocycles. The molecule has 4 aliphatic heterocycles. The number of amides is 5. The molecule has 37 nitrogen and oxygen atoms in total. The summed E-state index contributed by atoms with van der Waals surface area (Å²) in [6, 6.07) is 7.93. The highest BCUT2D eigenvalue weighted by Crippen LogP contribution is 2.46. The number of rotatable bonds is 25. The fourth-order valence-electron chi connectivity index (χ4n) is 14.0. The van der Waals surface area contributed by atoms with Crippen LogP contribution in [0, 0.1) is 71.9 Å². The second-order valence-electron chi connectivity index (χ2n) is 46.3. The van der Waals surface area contributed by atoms with Crippen molar-refractivity contribution in [2.45, 2.75) is 374 Å². The number of aryl methyl sites for hydroxylation is 2. The zero-order valence-electron chi connectivity index (χ0n) is 100. The van der Waals surface area contributed by atoms with Gasteiger partial charge in [-0.3, -0.25) is 72.1 Å². The van der Waals surface area contributed by atoms with Crippen molar-refractivity contribution < 1.29 is 134 Å². The summed E-state index contributed by atoms with van der Waals surface area (Å²) in [5.41, 5.74) is -2.30. The summed E-state index contributed by atoms with van der Waals surface area (Å²) in [6.45, 7) is 67.5. The van der Waals surface area contributed by atoms with E-state index in [9.17, 15) is 72.2 Å². The van der Waals surface area contributed by atoms with E-state index >= 15 is 0 Å². The lowest BCUT2D eigenvalue weighted by atomic mass is 9.70. The maximum absolute atomic E-state index is 11.9. The molecule has 3 saturated carbocycles. The summed E-state index contributed by atoms with van der Waals surface area (Å²) in [7, 11) is 18.6. The Balaban J connectivity index is -0.000000504. The number of ether oxygens (including phenoxy) is 9. The number of piperidine rings is 1. The number of aliphatic hydroxyl groups is 1. The molecule has 0 unspecified atom stereocenters. The average molecular weight is 2110 g/mol. The van der Waals surface area contributed by atoms with E-state index in [0.29, 0.717) is 104 Å². The van der Waals surface area contributed by atoms with Crippen LogP contribution in [0.1, 0.15) is 366 Å². The molecule has 860 valence electrons. The highest BCUT2D eigenvalue weighted by molar-refractivity contribution is 5.84. The van der Waals surface area contributed by atoms with Gasteiger partial charge in [-0.2, -0.15) is 4.80 Å². The van der Waals surface area contributed by atoms with Crippen LogP contribution in [0.4, 0.5) is 0 Å². The standard InChI is InChI=1S/C12H20N4O2.C12H16O2.C11H19NO3.C11H20O3.C9H19NO4.C9H17NO3.C8H17NO2.C8H12O2.C7H15NO2.C7H14O2.2C6H12O.C5H10O/c1-4-18-11(17)12(2)7-5-9(6-8-12)10-13-15-16(3)14-10;1-9-5-7-10(8-6-9)12(2,3)11(13)14-4;1-4-15-10(14)11(3)5-7-12(8-6-11)9(2)13;1-4-14-9(12)10(2)5-7-11(3,13)8-6-10;1-9(6-12-3,7-13-4)8(11)10(2)14-5;1-9(4-6-13-7-5-9)8(11)10(2)12-3;1-6-8(2,3)7(10)9(4)11-5;1-8-4-2-6(3-5-8)10-7(8)9;1-7(2,3)6(9)8(4)10-5;1-5-9-6(8)7(2,3)4;1-6(2,3)4-5-7;1-4-6(2,3)5-7;1-5(2,3)4-6/h9H,4-8H2,1-3H3;5-8H,1-4H3;4-8H2,1-3H3;13H,4-8H2,1-3H3;6-7H2,1-5H3;4-7H2,1-3H3;6H2,1-5H3;6H,2-5H2,1H3;1-5H3;5H2,1-4H3;2*5H,4H2,1-3H3;4H,1-3H3. The Hall–Kier alpha value is -8.85. The molecule has 9 rings (SSSR count). The lowest BCUT2D eigenvalue weighted by Gasteiger charge is -2.41. The van der Waals surface area contributed by atoms with E-state index in [4.69, 9.17) is 62.0 Å². The number of aromatic nitrogens is 4. The van der Waals surface area contributed by atoms with Crippen LogP contribution in [0.25, 0.3) is 0 Å². The third-order valence-electron chi connectivity index (χ3n) is 26.4. The van der Waals surface area contributed by atoms with Gasteiger partial charge in [-0.05, 0) is 243 Å². The Morgan fingerprint density at radius 2 is 0.892 bits per heavy atom. The Morgan fingerprint density at radius 3 is 1.17 bits per heavy atom. The maximum atomic E-state index is 11.9. The number of methoxy groups -OCH3 is 3. The monoisotopic (exact) mass is 2110 g/mol. The van der Waals surface area contributed by atoms with Gasteiger partial charge < -0.3 is 67.0 Å². The highest BCUT2D eigenvalue weighted by atomic mass is 16.7. The third-order valence-corrected chi connectivity index (χ3v) is 26.4. The summed E-state index contributed by atoms with van der Waals surface area (Å²) in [5, 5.41) is 26.9. The van der Waals surface area contributed by atoms with Crippen molar-refractivity contribution in [3.05, 3.63) is 41.2 Å². The Kier molecular flexibility index (Phi) is 69.5. The molecule has 0 atom stereocenters. The summed E-state index contributed by atoms with van der Waals surface area (Å²) >= 11 is 0. The topological polar surface area (TPSA) is 439 Å². The van der Waals surface area contributed by atoms with Crippen LogP contribution in [-0.4, -0.2) is 290 Å². The van der Waals surface area contributed by atoms with Gasteiger partial charge in [-0.1, -0.05) is 141 Å². The van der Waals surface area contributed by atoms with Gasteiger partial charge >= 0.3 is 35.8 Å². The predicted octanol–water partition coefficient (Wildman–Crippen LogP) is 18.1. The van der Waals surface area contributed by atoms with E-state index in [0.717, 1.165) is 120 Å². The van der Waals surface area contributed by atoms with Crippen LogP contribution >= 0.6 is 0 Å². The molecule has 0 spiro atoms. The lowest BCUT2D eigenvalue weighted by Crippen LogP contribution is -2.45. The van der Waals surface area contributed by atoms with Gasteiger partial charge in [0.05, 0.1) is 131 Å². The van der Waals surface area contributed by atoms with Crippen molar-refractivity contribution in [2.75, 3.05) is 144 Å². The SMILES string of the molecule is CC(C)(C)C=O.CC(C)(C)CC=O.CC12CCC(CC1)OC2=O.CCC(C)(C)C(=O)N(C)OC.CCC(C)(C)C=O.CCOC(=O)C(C)(C)C.CCOC(=O)C1(C)CCC(C)(O)CC1.CCOC(=O)C1(C)CCC(c2nnn(C)n2)CC1.CCOC(=O)C1(C)CCN(C(C)=O)CC1.COC(=O)C(C)(C)c1ccc(C)cc1.COCC(C)(COC)C(=O)N(C)OC.CON(C)C(=O)C(C)(C)C.CON(C)C(=O)C1(C)CCOCC1. The van der Waals surface area contributed by atoms with Crippen LogP contribution < -0.4 is 0 Å². The molecule has 7 aliphatic rings. The largest absolute Gasteiger partial charge is 0.468 e. The van der Waals surface area contributed by atoms with Crippen molar-refractivity contribution in [1.82, 2.24) is 45.4 Å². The van der Waals surface area contributed by atoms with Gasteiger partial charge in [0.1, 0.15) is 25.0 Å². The Morgan fingerprint density at radius 1 is 0.493 bits per heavy atom. The molecule has 2 bridgehead atoms. The molecule has 2 aromatic rings. The first-order chi connectivity index (χ1) is 67.8. The van der Waals surface area contributed by atoms with E-state index in [1.807, 2.05) is 239 Å². The van der Waals surface area contributed by atoms with E-state index < -0.39 is 21.8 Å². The molecule has 0 radical (unpaired) electrons. The maximum Gasteiger partial charge on any atom is 0.315 e. The van der Waals surface area contributed by atoms with Gasteiger partial charge in [0, 0.05) is 110 Å². The zero-order valence-corrected chi connectivity index (χ0v) is 100. The van der Waals surface area contributed by atoms with Crippen LogP contribution in [-0.2, 0) is 142 Å². The third kappa shape index (κ3) is 57.6. The Bertz CT molecular complexity index is 4170. The molecule has 148 heavy (non-hydrogen) atoms. The molecular weight excluding hydrogens is 1910 g/mol. The number of hydroxylamine groups is 8. The predicted molar refractivity (Wildman–Crippen MR) is 572 cm³/mol. The number of carbonyl (C=O) groups excluding carboxylic acids is 14. The number of aldehydes is 3. The lowest BCUT2D eigenvalue weighted by molar-refractivity contribution is -0.185. The first-order valence-corrected chi connectivity index (χ1v) is 51.8. The second kappa shape index (κ2) is 69.7. The second-order valence-corrected chi connectivity index (χ2v) is 46.3. The van der Waals surface area contributed by atoms with Gasteiger partial charge in [0.2, 0.25) is 5.91 Å². The van der Waals surface area contributed by atoms with Gasteiger partial charge in [0.15, 0.2) is 5.82 Å². The molecule has 5 amide bonds. The molecular formula is C111H203N9O28. The number of hydrogen-bond donors (Lipinski definition) is 1. The average Bonchev–Trinajstić information content (AvgIpc) is 1.43. The fraction of sp³-hybridized carbons (Fsp3) is 0.811. The summed E-state index contributed by atoms with van der Waals surface area (Å²) < 4.78 is 45.1. The van der Waals surface area contributed by atoms with E-state index in [-0.39, 0.29) is 126 Å². The normalized spacial score (nSPS) is 19.9. The van der Waals surface area contributed by atoms with Crippen LogP contribution in [0.2, 0.25) is 0 Å². The number of hydrogen-bond acceptors (Lipinski definition) is 31. The van der Waals surface area contributed by atoms with Crippen LogP contribution in [0.5, 0.6) is 0 Å². The van der Waals surface area contributed by atoms with Crippen molar-refractivity contribution in [3.63, 3.8) is 0 Å². The van der Waals surface area contributed by atoms with Crippen molar-refractivity contribution in [3.8, 4) is 0 Å². The molecule has 37 heteroatoms. The minimum Gasteiger partial charge on any atom is -0.468 e.